The van der Waals surface area contributed by atoms with Crippen molar-refractivity contribution in [2.45, 2.75) is 27.7 Å². The van der Waals surface area contributed by atoms with Crippen LogP contribution in [0.4, 0.5) is 0 Å². The van der Waals surface area contributed by atoms with E-state index in [1.165, 1.54) is 27.7 Å². The Hall–Kier alpha value is -0.0236. The molecule has 0 heterocycles. The van der Waals surface area contributed by atoms with Gasteiger partial charge in [-0.15, -0.1) is 0 Å². The second-order valence-electron chi connectivity index (χ2n) is 1.82. The van der Waals surface area contributed by atoms with E-state index in [0.717, 1.165) is 0 Å². The van der Waals surface area contributed by atoms with E-state index in [-0.39, 0.29) is 31.4 Å². The molecule has 0 amide bonds. The van der Waals surface area contributed by atoms with Crippen LogP contribution in [0.5, 0.6) is 0 Å². The molecule has 0 aromatic carbocycles. The third-order valence-electron chi connectivity index (χ3n) is 0. The number of ketones is 2. The zero-order valence-electron chi connectivity index (χ0n) is 5.82. The molecule has 2 nitrogen and oxygen atoms in total. The van der Waals surface area contributed by atoms with Gasteiger partial charge in [-0.05, 0) is 27.7 Å². The van der Waals surface area contributed by atoms with E-state index < -0.39 is 0 Å². The average molecular weight is 189 g/mol. The predicted molar refractivity (Wildman–Crippen MR) is 42.6 cm³/mol. The van der Waals surface area contributed by atoms with Gasteiger partial charge in [-0.25, -0.2) is 0 Å². The molecule has 0 unspecified atom stereocenters. The average Bonchev–Trinajstić information content (AvgIpc) is 1.25. The van der Waals surface area contributed by atoms with Crippen LogP contribution in [0.15, 0.2) is 0 Å². The van der Waals surface area contributed by atoms with Crippen LogP contribution in [0.2, 0.25) is 0 Å². The van der Waals surface area contributed by atoms with Gasteiger partial charge in [0.1, 0.15) is 11.6 Å². The molecule has 0 aromatic heterocycles. The van der Waals surface area contributed by atoms with Gasteiger partial charge in [-0.3, -0.25) is 0 Å². The molecule has 0 bridgehead atoms. The van der Waals surface area contributed by atoms with Gasteiger partial charge in [0.25, 0.3) is 0 Å². The molecule has 0 saturated carbocycles. The molecule has 0 spiro atoms. The molecule has 0 atom stereocenters. The van der Waals surface area contributed by atoms with E-state index in [1.54, 1.807) is 0 Å². The van der Waals surface area contributed by atoms with Crippen molar-refractivity contribution >= 4 is 31.4 Å². The van der Waals surface area contributed by atoms with E-state index in [0.29, 0.717) is 0 Å². The molecule has 0 saturated heterocycles. The quantitative estimate of drug-likeness (QED) is 0.502. The van der Waals surface area contributed by atoms with Crippen LogP contribution >= 0.6 is 0 Å². The molecule has 3 heteroatoms. The van der Waals surface area contributed by atoms with Gasteiger partial charge in [0, 0.05) is 0 Å². The molecule has 0 rings (SSSR count). The molecule has 0 fully saturated rings. The first-order valence-corrected chi connectivity index (χ1v) is 2.41. The summed E-state index contributed by atoms with van der Waals surface area (Å²) >= 11 is 0. The first kappa shape index (κ1) is 16.0. The normalized spacial score (nSPS) is 5.78. The monoisotopic (exact) mass is 188 g/mol. The van der Waals surface area contributed by atoms with Crippen LogP contribution in [0.25, 0.3) is 0 Å². The fourth-order valence-corrected chi connectivity index (χ4v) is 0. The standard InChI is InChI=1S/2C3H6O.Ga.3H/c2*1-3(2)4;;;;/h2*1-2H3;;;;. The van der Waals surface area contributed by atoms with Gasteiger partial charge in [0.05, 0.1) is 0 Å². The number of rotatable bonds is 0. The Morgan fingerprint density at radius 3 is 0.778 bits per heavy atom. The van der Waals surface area contributed by atoms with Crippen molar-refractivity contribution < 1.29 is 9.59 Å². The van der Waals surface area contributed by atoms with E-state index in [1.807, 2.05) is 0 Å². The minimum absolute atomic E-state index is 0. The molecular formula is C6H15GaO2. The Labute approximate surface area is 69.1 Å². The zero-order chi connectivity index (χ0) is 7.15. The van der Waals surface area contributed by atoms with E-state index in [4.69, 9.17) is 0 Å². The Bertz CT molecular complexity index is 69.1. The van der Waals surface area contributed by atoms with Crippen LogP contribution in [0.3, 0.4) is 0 Å². The SMILES string of the molecule is CC(C)=O.CC(C)=O.[GaH3]. The van der Waals surface area contributed by atoms with E-state index in [2.05, 4.69) is 0 Å². The summed E-state index contributed by atoms with van der Waals surface area (Å²) in [6.45, 7) is 6.11. The minimum atomic E-state index is 0. The van der Waals surface area contributed by atoms with Crippen LogP contribution in [-0.4, -0.2) is 31.4 Å². The summed E-state index contributed by atoms with van der Waals surface area (Å²) in [6, 6.07) is 0. The van der Waals surface area contributed by atoms with Gasteiger partial charge in [-0.1, -0.05) is 0 Å². The van der Waals surface area contributed by atoms with Crippen molar-refractivity contribution in [3.8, 4) is 0 Å². The molecule has 54 valence electrons. The molecule has 0 aliphatic carbocycles. The van der Waals surface area contributed by atoms with E-state index in [9.17, 15) is 9.59 Å². The maximum atomic E-state index is 9.44. The fraction of sp³-hybridized carbons (Fsp3) is 0.667. The Morgan fingerprint density at radius 2 is 0.778 bits per heavy atom. The predicted octanol–water partition coefficient (Wildman–Crippen LogP) is 0.00670. The summed E-state index contributed by atoms with van der Waals surface area (Å²) in [5, 5.41) is 0. The molecule has 0 aromatic rings. The molecule has 0 N–H and O–H groups in total. The Morgan fingerprint density at radius 1 is 0.778 bits per heavy atom. The van der Waals surface area contributed by atoms with Crippen LogP contribution in [0.1, 0.15) is 27.7 Å². The van der Waals surface area contributed by atoms with Crippen molar-refractivity contribution in [2.24, 2.45) is 0 Å². The van der Waals surface area contributed by atoms with Gasteiger partial charge >= 0.3 is 19.8 Å². The second-order valence-corrected chi connectivity index (χ2v) is 1.82. The molecule has 0 aliphatic rings. The summed E-state index contributed by atoms with van der Waals surface area (Å²) < 4.78 is 0. The summed E-state index contributed by atoms with van der Waals surface area (Å²) in [6.07, 6.45) is 0. The van der Waals surface area contributed by atoms with Crippen molar-refractivity contribution in [3.63, 3.8) is 0 Å². The first-order valence-electron chi connectivity index (χ1n) is 2.41. The zero-order valence-corrected chi connectivity index (χ0v) is 5.82. The van der Waals surface area contributed by atoms with Gasteiger partial charge in [0.15, 0.2) is 0 Å². The third-order valence-corrected chi connectivity index (χ3v) is 0. The van der Waals surface area contributed by atoms with Crippen molar-refractivity contribution in [1.82, 2.24) is 0 Å². The van der Waals surface area contributed by atoms with Gasteiger partial charge in [0.2, 0.25) is 0 Å². The first-order chi connectivity index (χ1) is 3.46. The molecule has 0 radical (unpaired) electrons. The number of carbonyl (C=O) groups is 2. The van der Waals surface area contributed by atoms with Crippen molar-refractivity contribution in [2.75, 3.05) is 0 Å². The number of Topliss-reactive ketones (excluding diaryl/α,β-unsaturated/α-hetero) is 2. The summed E-state index contributed by atoms with van der Waals surface area (Å²) in [4.78, 5) is 18.9. The summed E-state index contributed by atoms with van der Waals surface area (Å²) in [5.74, 6) is 0.333. The van der Waals surface area contributed by atoms with Crippen molar-refractivity contribution in [3.05, 3.63) is 0 Å². The number of hydrogen-bond donors (Lipinski definition) is 0. The topological polar surface area (TPSA) is 34.1 Å². The van der Waals surface area contributed by atoms with Crippen LogP contribution in [-0.2, 0) is 9.59 Å². The van der Waals surface area contributed by atoms with Crippen LogP contribution in [0, 0.1) is 0 Å². The fourth-order valence-electron chi connectivity index (χ4n) is 0. The Kier molecular flexibility index (Phi) is 19.3. The van der Waals surface area contributed by atoms with Gasteiger partial charge in [-0.2, -0.15) is 0 Å². The number of hydrogen-bond acceptors (Lipinski definition) is 2. The molecule has 0 aliphatic heterocycles. The third kappa shape index (κ3) is 510000. The van der Waals surface area contributed by atoms with E-state index >= 15 is 0 Å². The van der Waals surface area contributed by atoms with Crippen molar-refractivity contribution in [1.29, 1.82) is 0 Å². The Balaban J connectivity index is -0.0000000720. The van der Waals surface area contributed by atoms with Crippen LogP contribution < -0.4 is 0 Å². The summed E-state index contributed by atoms with van der Waals surface area (Å²) in [7, 11) is 0. The maximum absolute atomic E-state index is 9.44. The number of carbonyl (C=O) groups excluding carboxylic acids is 2. The summed E-state index contributed by atoms with van der Waals surface area (Å²) in [5.41, 5.74) is 0. The second kappa shape index (κ2) is 10.9. The van der Waals surface area contributed by atoms with Gasteiger partial charge < -0.3 is 9.59 Å². The molecular weight excluding hydrogens is 174 g/mol. The molecule has 9 heavy (non-hydrogen) atoms.